The van der Waals surface area contributed by atoms with Gasteiger partial charge in [-0.25, -0.2) is 0 Å². The fraction of sp³-hybridized carbons (Fsp3) is 0.250. The number of nitrogens with zero attached hydrogens (tertiary/aromatic N) is 3. The first-order valence-electron chi connectivity index (χ1n) is 5.97. The van der Waals surface area contributed by atoms with E-state index in [9.17, 15) is 14.9 Å². The second kappa shape index (κ2) is 6.15. The molecule has 0 bridgehead atoms. The second-order valence-electron chi connectivity index (χ2n) is 4.47. The molecule has 2 aromatic rings. The third-order valence-corrected chi connectivity index (χ3v) is 3.93. The number of halogens is 1. The number of nitrogens with one attached hydrogen (secondary N) is 1. The van der Waals surface area contributed by atoms with Gasteiger partial charge in [0, 0.05) is 17.0 Å². The number of carbonyl (C=O) groups is 1. The minimum Gasteiger partial charge on any atom is -0.296 e. The molecule has 0 aliphatic heterocycles. The molecule has 110 valence electrons. The number of rotatable bonds is 4. The first kappa shape index (κ1) is 15.3. The number of carbonyl (C=O) groups excluding carboxylic acids is 1. The van der Waals surface area contributed by atoms with Crippen molar-refractivity contribution in [3.63, 3.8) is 0 Å². The van der Waals surface area contributed by atoms with Gasteiger partial charge in [0.25, 0.3) is 11.6 Å². The lowest BCUT2D eigenvalue weighted by Crippen LogP contribution is -2.13. The van der Waals surface area contributed by atoms with Gasteiger partial charge in [-0.1, -0.05) is 36.8 Å². The summed E-state index contributed by atoms with van der Waals surface area (Å²) in [6.45, 7) is 3.90. The van der Waals surface area contributed by atoms with Gasteiger partial charge >= 0.3 is 0 Å². The third kappa shape index (κ3) is 3.53. The first-order chi connectivity index (χ1) is 9.88. The summed E-state index contributed by atoms with van der Waals surface area (Å²) in [6.07, 6.45) is 0. The Bertz CT molecular complexity index is 702. The maximum Gasteiger partial charge on any atom is 0.282 e. The fourth-order valence-corrected chi connectivity index (χ4v) is 2.45. The van der Waals surface area contributed by atoms with Crippen LogP contribution in [0.3, 0.4) is 0 Å². The van der Waals surface area contributed by atoms with Gasteiger partial charge in [-0.05, 0) is 12.1 Å². The Labute approximate surface area is 129 Å². The van der Waals surface area contributed by atoms with Crippen molar-refractivity contribution in [2.24, 2.45) is 0 Å². The molecular weight excluding hydrogens is 316 g/mol. The predicted octanol–water partition coefficient (Wildman–Crippen LogP) is 3.48. The number of nitro benzene ring substituents is 1. The smallest absolute Gasteiger partial charge is 0.282 e. The van der Waals surface area contributed by atoms with Crippen LogP contribution in [0.25, 0.3) is 0 Å². The van der Waals surface area contributed by atoms with Crippen LogP contribution in [0.1, 0.15) is 35.1 Å². The number of hydrogen-bond acceptors (Lipinski definition) is 6. The molecule has 0 radical (unpaired) electrons. The van der Waals surface area contributed by atoms with Gasteiger partial charge in [-0.2, -0.15) is 0 Å². The standard InChI is InChI=1S/C12H11ClN4O3S/c1-6(2)11-15-16-12(21-11)14-10(18)8-5-7(13)3-4-9(8)17(19)20/h3-6H,1-2H3,(H,14,16,18). The fourth-order valence-electron chi connectivity index (χ4n) is 1.53. The van der Waals surface area contributed by atoms with Crippen molar-refractivity contribution in [1.29, 1.82) is 0 Å². The molecule has 0 aliphatic carbocycles. The van der Waals surface area contributed by atoms with Gasteiger partial charge in [0.05, 0.1) is 4.92 Å². The molecule has 1 amide bonds. The van der Waals surface area contributed by atoms with E-state index in [0.717, 1.165) is 5.01 Å². The average molecular weight is 327 g/mol. The Kier molecular flexibility index (Phi) is 4.49. The van der Waals surface area contributed by atoms with E-state index < -0.39 is 10.8 Å². The average Bonchev–Trinajstić information content (AvgIpc) is 2.86. The van der Waals surface area contributed by atoms with Crippen molar-refractivity contribution in [2.75, 3.05) is 5.32 Å². The summed E-state index contributed by atoms with van der Waals surface area (Å²) in [6, 6.07) is 3.80. The Hall–Kier alpha value is -2.06. The van der Waals surface area contributed by atoms with Crippen molar-refractivity contribution < 1.29 is 9.72 Å². The van der Waals surface area contributed by atoms with E-state index in [0.29, 0.717) is 0 Å². The number of hydrogen-bond donors (Lipinski definition) is 1. The Balaban J connectivity index is 2.27. The Morgan fingerprint density at radius 3 is 2.71 bits per heavy atom. The largest absolute Gasteiger partial charge is 0.296 e. The lowest BCUT2D eigenvalue weighted by atomic mass is 10.1. The topological polar surface area (TPSA) is 98.0 Å². The Morgan fingerprint density at radius 1 is 1.43 bits per heavy atom. The summed E-state index contributed by atoms with van der Waals surface area (Å²) < 4.78 is 0. The monoisotopic (exact) mass is 326 g/mol. The summed E-state index contributed by atoms with van der Waals surface area (Å²) >= 11 is 7.01. The van der Waals surface area contributed by atoms with Gasteiger partial charge in [0.1, 0.15) is 10.6 Å². The lowest BCUT2D eigenvalue weighted by molar-refractivity contribution is -0.385. The first-order valence-corrected chi connectivity index (χ1v) is 7.16. The zero-order valence-electron chi connectivity index (χ0n) is 11.2. The van der Waals surface area contributed by atoms with Crippen LogP contribution in [-0.4, -0.2) is 21.0 Å². The summed E-state index contributed by atoms with van der Waals surface area (Å²) in [5.41, 5.74) is -0.431. The zero-order valence-corrected chi connectivity index (χ0v) is 12.7. The molecule has 0 fully saturated rings. The van der Waals surface area contributed by atoms with E-state index in [2.05, 4.69) is 15.5 Å². The number of aromatic nitrogens is 2. The van der Waals surface area contributed by atoms with Crippen LogP contribution in [0, 0.1) is 10.1 Å². The van der Waals surface area contributed by atoms with Gasteiger partial charge in [-0.15, -0.1) is 10.2 Å². The highest BCUT2D eigenvalue weighted by molar-refractivity contribution is 7.15. The van der Waals surface area contributed by atoms with Crippen LogP contribution < -0.4 is 5.32 Å². The molecular formula is C12H11ClN4O3S. The SMILES string of the molecule is CC(C)c1nnc(NC(=O)c2cc(Cl)ccc2[N+](=O)[O-])s1. The minimum atomic E-state index is -0.643. The van der Waals surface area contributed by atoms with Gasteiger partial charge in [0.15, 0.2) is 0 Å². The van der Waals surface area contributed by atoms with E-state index in [-0.39, 0.29) is 27.3 Å². The highest BCUT2D eigenvalue weighted by atomic mass is 35.5. The number of anilines is 1. The zero-order chi connectivity index (χ0) is 15.6. The summed E-state index contributed by atoms with van der Waals surface area (Å²) in [5, 5.41) is 22.5. The van der Waals surface area contributed by atoms with Crippen LogP contribution in [0.4, 0.5) is 10.8 Å². The van der Waals surface area contributed by atoms with Crippen LogP contribution in [-0.2, 0) is 0 Å². The summed E-state index contributed by atoms with van der Waals surface area (Å²) in [4.78, 5) is 22.4. The maximum atomic E-state index is 12.1. The minimum absolute atomic E-state index is 0.117. The van der Waals surface area contributed by atoms with E-state index >= 15 is 0 Å². The molecule has 21 heavy (non-hydrogen) atoms. The van der Waals surface area contributed by atoms with Crippen LogP contribution in [0.15, 0.2) is 18.2 Å². The second-order valence-corrected chi connectivity index (χ2v) is 5.92. The molecule has 0 atom stereocenters. The molecule has 0 unspecified atom stereocenters. The van der Waals surface area contributed by atoms with Crippen LogP contribution >= 0.6 is 22.9 Å². The molecule has 0 saturated heterocycles. The molecule has 0 aliphatic rings. The summed E-state index contributed by atoms with van der Waals surface area (Å²) in [7, 11) is 0. The quantitative estimate of drug-likeness (QED) is 0.685. The highest BCUT2D eigenvalue weighted by Gasteiger charge is 2.21. The predicted molar refractivity (Wildman–Crippen MR) is 80.1 cm³/mol. The normalized spacial score (nSPS) is 10.7. The highest BCUT2D eigenvalue weighted by Crippen LogP contribution is 2.26. The lowest BCUT2D eigenvalue weighted by Gasteiger charge is -2.03. The molecule has 2 rings (SSSR count). The third-order valence-electron chi connectivity index (χ3n) is 2.55. The molecule has 0 saturated carbocycles. The molecule has 1 aromatic carbocycles. The molecule has 1 N–H and O–H groups in total. The van der Waals surface area contributed by atoms with Crippen molar-refractivity contribution in [3.8, 4) is 0 Å². The van der Waals surface area contributed by atoms with Crippen molar-refractivity contribution in [1.82, 2.24) is 10.2 Å². The van der Waals surface area contributed by atoms with E-state index in [1.807, 2.05) is 13.8 Å². The molecule has 1 heterocycles. The van der Waals surface area contributed by atoms with Gasteiger partial charge < -0.3 is 0 Å². The molecule has 0 spiro atoms. The van der Waals surface area contributed by atoms with Crippen LogP contribution in [0.5, 0.6) is 0 Å². The summed E-state index contributed by atoms with van der Waals surface area (Å²) in [5.74, 6) is -0.454. The van der Waals surface area contributed by atoms with E-state index in [4.69, 9.17) is 11.6 Å². The van der Waals surface area contributed by atoms with Crippen molar-refractivity contribution in [3.05, 3.63) is 43.9 Å². The number of nitro groups is 1. The number of amides is 1. The van der Waals surface area contributed by atoms with E-state index in [1.54, 1.807) is 0 Å². The van der Waals surface area contributed by atoms with Crippen molar-refractivity contribution >= 4 is 39.7 Å². The maximum absolute atomic E-state index is 12.1. The van der Waals surface area contributed by atoms with E-state index in [1.165, 1.54) is 29.5 Å². The molecule has 7 nitrogen and oxygen atoms in total. The van der Waals surface area contributed by atoms with Crippen LogP contribution in [0.2, 0.25) is 5.02 Å². The Morgan fingerprint density at radius 2 is 2.14 bits per heavy atom. The van der Waals surface area contributed by atoms with Crippen molar-refractivity contribution in [2.45, 2.75) is 19.8 Å². The number of benzene rings is 1. The van der Waals surface area contributed by atoms with Gasteiger partial charge in [0.2, 0.25) is 5.13 Å². The molecule has 9 heteroatoms. The molecule has 1 aromatic heterocycles. The van der Waals surface area contributed by atoms with Gasteiger partial charge in [-0.3, -0.25) is 20.2 Å².